The van der Waals surface area contributed by atoms with Crippen LogP contribution in [0.4, 0.5) is 13.2 Å². The molecule has 0 spiro atoms. The standard InChI is InChI=1S/C22H27N7O.C2HF3O2/c1-26(2)14-15-27-12-7-18(16-27)21-25-20(19-6-3-4-11-29(19)21)22(30)24-8-5-10-28-13-9-23-17-28;3-2(4,5)1(6)7/h3-4,6-7,9,11-13,16-17H,5,8,10,14-15H2,1-2H3,(H,24,30);(H,6,7). The molecule has 0 bridgehead atoms. The smallest absolute Gasteiger partial charge is 0.475 e. The molecule has 0 atom stereocenters. The van der Waals surface area contributed by atoms with Crippen molar-refractivity contribution < 1.29 is 27.9 Å². The van der Waals surface area contributed by atoms with Crippen molar-refractivity contribution in [3.05, 3.63) is 67.3 Å². The highest BCUT2D eigenvalue weighted by molar-refractivity contribution is 6.00. The van der Waals surface area contributed by atoms with Gasteiger partial charge in [-0.1, -0.05) is 6.07 Å². The molecule has 0 aliphatic carbocycles. The van der Waals surface area contributed by atoms with Gasteiger partial charge in [0, 0.05) is 62.7 Å². The highest BCUT2D eigenvalue weighted by Gasteiger charge is 2.38. The number of halogens is 3. The summed E-state index contributed by atoms with van der Waals surface area (Å²) in [5, 5.41) is 10.1. The Morgan fingerprint density at radius 3 is 2.49 bits per heavy atom. The number of aromatic nitrogens is 5. The predicted octanol–water partition coefficient (Wildman–Crippen LogP) is 3.01. The molecule has 4 aromatic heterocycles. The summed E-state index contributed by atoms with van der Waals surface area (Å²) in [6, 6.07) is 7.86. The van der Waals surface area contributed by atoms with Crippen LogP contribution >= 0.6 is 0 Å². The molecule has 1 amide bonds. The van der Waals surface area contributed by atoms with Crippen molar-refractivity contribution in [1.82, 2.24) is 33.7 Å². The molecule has 13 heteroatoms. The first-order valence-corrected chi connectivity index (χ1v) is 11.4. The molecule has 0 aromatic carbocycles. The number of rotatable bonds is 9. The van der Waals surface area contributed by atoms with E-state index in [4.69, 9.17) is 14.9 Å². The molecular formula is C24H28F3N7O3. The monoisotopic (exact) mass is 519 g/mol. The van der Waals surface area contributed by atoms with E-state index >= 15 is 0 Å². The number of hydrogen-bond donors (Lipinski definition) is 2. The summed E-state index contributed by atoms with van der Waals surface area (Å²) in [7, 11) is 4.12. The Balaban J connectivity index is 0.000000479. The number of likely N-dealkylation sites (N-methyl/N-ethyl adjacent to an activating group) is 1. The molecule has 0 aliphatic rings. The Bertz CT molecular complexity index is 1310. The van der Waals surface area contributed by atoms with Crippen molar-refractivity contribution in [1.29, 1.82) is 0 Å². The number of carbonyl (C=O) groups is 2. The number of carboxylic acid groups (broad SMARTS) is 1. The number of nitrogens with one attached hydrogen (secondary N) is 1. The van der Waals surface area contributed by atoms with E-state index in [9.17, 15) is 18.0 Å². The summed E-state index contributed by atoms with van der Waals surface area (Å²) in [6.45, 7) is 3.26. The quantitative estimate of drug-likeness (QED) is 0.329. The maximum atomic E-state index is 12.8. The maximum Gasteiger partial charge on any atom is 0.490 e. The van der Waals surface area contributed by atoms with E-state index in [1.807, 2.05) is 45.6 Å². The van der Waals surface area contributed by atoms with Gasteiger partial charge in [-0.05, 0) is 38.7 Å². The first kappa shape index (κ1) is 27.5. The number of alkyl halides is 3. The molecule has 0 unspecified atom stereocenters. The largest absolute Gasteiger partial charge is 0.490 e. The molecule has 4 aromatic rings. The van der Waals surface area contributed by atoms with Gasteiger partial charge in [0.1, 0.15) is 5.82 Å². The van der Waals surface area contributed by atoms with Crippen LogP contribution in [0.1, 0.15) is 16.9 Å². The fourth-order valence-corrected chi connectivity index (χ4v) is 3.40. The molecule has 0 saturated carbocycles. The van der Waals surface area contributed by atoms with Crippen LogP contribution in [0.25, 0.3) is 16.9 Å². The second-order valence-electron chi connectivity index (χ2n) is 8.39. The Morgan fingerprint density at radius 2 is 1.84 bits per heavy atom. The number of carboxylic acids is 1. The third kappa shape index (κ3) is 7.67. The lowest BCUT2D eigenvalue weighted by Gasteiger charge is -2.09. The van der Waals surface area contributed by atoms with E-state index in [-0.39, 0.29) is 5.91 Å². The Hall–Kier alpha value is -4.13. The van der Waals surface area contributed by atoms with E-state index in [0.717, 1.165) is 43.0 Å². The van der Waals surface area contributed by atoms with E-state index in [1.54, 1.807) is 12.5 Å². The molecule has 2 N–H and O–H groups in total. The van der Waals surface area contributed by atoms with Crippen LogP contribution in [0.2, 0.25) is 0 Å². The van der Waals surface area contributed by atoms with Crippen molar-refractivity contribution in [3.63, 3.8) is 0 Å². The zero-order chi connectivity index (χ0) is 27.0. The van der Waals surface area contributed by atoms with E-state index in [0.29, 0.717) is 12.2 Å². The molecule has 0 aliphatic heterocycles. The van der Waals surface area contributed by atoms with Crippen LogP contribution in [-0.2, 0) is 17.9 Å². The summed E-state index contributed by atoms with van der Waals surface area (Å²) in [5.41, 5.74) is 2.25. The third-order valence-corrected chi connectivity index (χ3v) is 5.26. The third-order valence-electron chi connectivity index (χ3n) is 5.26. The van der Waals surface area contributed by atoms with Gasteiger partial charge in [-0.15, -0.1) is 0 Å². The second-order valence-corrected chi connectivity index (χ2v) is 8.39. The van der Waals surface area contributed by atoms with Gasteiger partial charge in [0.25, 0.3) is 5.91 Å². The second kappa shape index (κ2) is 12.2. The lowest BCUT2D eigenvalue weighted by Crippen LogP contribution is -2.25. The highest BCUT2D eigenvalue weighted by Crippen LogP contribution is 2.23. The zero-order valence-electron chi connectivity index (χ0n) is 20.4. The van der Waals surface area contributed by atoms with E-state index in [2.05, 4.69) is 46.3 Å². The average Bonchev–Trinajstić information content (AvgIpc) is 3.60. The number of pyridine rings is 1. The summed E-state index contributed by atoms with van der Waals surface area (Å²) in [4.78, 5) is 32.6. The molecule has 0 fully saturated rings. The average molecular weight is 520 g/mol. The highest BCUT2D eigenvalue weighted by atomic mass is 19.4. The minimum atomic E-state index is -5.08. The van der Waals surface area contributed by atoms with Gasteiger partial charge >= 0.3 is 12.1 Å². The van der Waals surface area contributed by atoms with E-state index < -0.39 is 12.1 Å². The van der Waals surface area contributed by atoms with Crippen LogP contribution in [0.3, 0.4) is 0 Å². The number of imidazole rings is 2. The molecule has 10 nitrogen and oxygen atoms in total. The van der Waals surface area contributed by atoms with Crippen LogP contribution in [-0.4, -0.2) is 78.7 Å². The van der Waals surface area contributed by atoms with Gasteiger partial charge in [-0.25, -0.2) is 14.8 Å². The molecule has 198 valence electrons. The van der Waals surface area contributed by atoms with Gasteiger partial charge in [0.2, 0.25) is 0 Å². The lowest BCUT2D eigenvalue weighted by molar-refractivity contribution is -0.192. The molecule has 37 heavy (non-hydrogen) atoms. The fourth-order valence-electron chi connectivity index (χ4n) is 3.40. The van der Waals surface area contributed by atoms with Crippen molar-refractivity contribution in [3.8, 4) is 11.4 Å². The zero-order valence-corrected chi connectivity index (χ0v) is 20.4. The SMILES string of the molecule is CN(C)CCn1ccc(-c2nc(C(=O)NCCCn3ccnc3)c3ccccn23)c1.O=C(O)C(F)(F)F. The summed E-state index contributed by atoms with van der Waals surface area (Å²) in [5.74, 6) is -2.13. The van der Waals surface area contributed by atoms with Crippen molar-refractivity contribution in [2.24, 2.45) is 0 Å². The first-order valence-electron chi connectivity index (χ1n) is 11.4. The van der Waals surface area contributed by atoms with E-state index in [1.165, 1.54) is 0 Å². The lowest BCUT2D eigenvalue weighted by atomic mass is 10.3. The number of amides is 1. The normalized spacial score (nSPS) is 11.4. The van der Waals surface area contributed by atoms with Gasteiger partial charge in [0.05, 0.1) is 11.8 Å². The number of nitrogens with zero attached hydrogens (tertiary/aromatic N) is 6. The number of hydrogen-bond acceptors (Lipinski definition) is 5. The Morgan fingerprint density at radius 1 is 1.08 bits per heavy atom. The number of carbonyl (C=O) groups excluding carboxylic acids is 1. The molecule has 0 radical (unpaired) electrons. The Kier molecular flexibility index (Phi) is 9.06. The molecule has 0 saturated heterocycles. The van der Waals surface area contributed by atoms with Gasteiger partial charge in [0.15, 0.2) is 5.69 Å². The summed E-state index contributed by atoms with van der Waals surface area (Å²) < 4.78 is 37.9. The summed E-state index contributed by atoms with van der Waals surface area (Å²) in [6.07, 6.45) is 7.28. The first-order chi connectivity index (χ1) is 17.6. The fraction of sp³-hybridized carbons (Fsp3) is 0.333. The molecular weight excluding hydrogens is 491 g/mol. The van der Waals surface area contributed by atoms with Crippen molar-refractivity contribution in [2.45, 2.75) is 25.7 Å². The molecule has 4 rings (SSSR count). The van der Waals surface area contributed by atoms with Crippen LogP contribution < -0.4 is 5.32 Å². The predicted molar refractivity (Wildman–Crippen MR) is 130 cm³/mol. The minimum absolute atomic E-state index is 0.150. The van der Waals surface area contributed by atoms with Gasteiger partial charge < -0.3 is 24.5 Å². The number of aryl methyl sites for hydroxylation is 1. The molecule has 4 heterocycles. The van der Waals surface area contributed by atoms with Gasteiger partial charge in [-0.3, -0.25) is 9.20 Å². The number of fused-ring (bicyclic) bond motifs is 1. The maximum absolute atomic E-state index is 12.8. The Labute approximate surface area is 211 Å². The van der Waals surface area contributed by atoms with Crippen molar-refractivity contribution >= 4 is 17.4 Å². The van der Waals surface area contributed by atoms with Gasteiger partial charge in [-0.2, -0.15) is 13.2 Å². The summed E-state index contributed by atoms with van der Waals surface area (Å²) >= 11 is 0. The van der Waals surface area contributed by atoms with Crippen molar-refractivity contribution in [2.75, 3.05) is 27.2 Å². The number of aliphatic carboxylic acids is 1. The van der Waals surface area contributed by atoms with Crippen LogP contribution in [0, 0.1) is 0 Å². The van der Waals surface area contributed by atoms with Crippen LogP contribution in [0.15, 0.2) is 61.6 Å². The van der Waals surface area contributed by atoms with Crippen LogP contribution in [0.5, 0.6) is 0 Å². The topological polar surface area (TPSA) is 110 Å². The minimum Gasteiger partial charge on any atom is -0.475 e.